The van der Waals surface area contributed by atoms with Crippen molar-refractivity contribution in [3.63, 3.8) is 0 Å². The average molecular weight is 345 g/mol. The van der Waals surface area contributed by atoms with Crippen LogP contribution in [0.15, 0.2) is 30.3 Å². The zero-order valence-electron chi connectivity index (χ0n) is 15.3. The summed E-state index contributed by atoms with van der Waals surface area (Å²) < 4.78 is 0. The Kier molecular flexibility index (Phi) is 5.97. The van der Waals surface area contributed by atoms with Gasteiger partial charge < -0.3 is 20.2 Å². The highest BCUT2D eigenvalue weighted by Crippen LogP contribution is 2.32. The van der Waals surface area contributed by atoms with Gasteiger partial charge in [0.05, 0.1) is 5.60 Å². The number of amides is 2. The molecule has 5 nitrogen and oxygen atoms in total. The summed E-state index contributed by atoms with van der Waals surface area (Å²) in [6, 6.07) is 9.83. The number of benzene rings is 1. The van der Waals surface area contributed by atoms with Crippen LogP contribution in [0.25, 0.3) is 0 Å². The summed E-state index contributed by atoms with van der Waals surface area (Å²) in [5.74, 6) is 0.595. The minimum absolute atomic E-state index is 0.0213. The van der Waals surface area contributed by atoms with Gasteiger partial charge in [-0.2, -0.15) is 0 Å². The van der Waals surface area contributed by atoms with Gasteiger partial charge in [0.2, 0.25) is 0 Å². The van der Waals surface area contributed by atoms with Crippen molar-refractivity contribution in [1.82, 2.24) is 15.1 Å². The summed E-state index contributed by atoms with van der Waals surface area (Å²) in [5.41, 5.74) is 0.156. The second-order valence-corrected chi connectivity index (χ2v) is 7.45. The van der Waals surface area contributed by atoms with Crippen LogP contribution < -0.4 is 5.32 Å². The first-order chi connectivity index (χ1) is 12.1. The number of rotatable bonds is 4. The molecule has 2 aliphatic rings. The lowest BCUT2D eigenvalue weighted by Gasteiger charge is -2.39. The van der Waals surface area contributed by atoms with E-state index in [2.05, 4.69) is 17.1 Å². The SMILES string of the molecule is CCN1CCC(CNC(=O)N2CCC(O)(c3ccccc3)CC2)CC1. The number of likely N-dealkylation sites (tertiary alicyclic amines) is 2. The van der Waals surface area contributed by atoms with Gasteiger partial charge in [0, 0.05) is 19.6 Å². The van der Waals surface area contributed by atoms with Crippen LogP contribution in [0.4, 0.5) is 4.79 Å². The standard InChI is InChI=1S/C20H31N3O2/c1-2-22-12-8-17(9-13-22)16-21-19(24)23-14-10-20(25,11-15-23)18-6-4-3-5-7-18/h3-7,17,25H,2,8-16H2,1H3,(H,21,24). The maximum absolute atomic E-state index is 12.4. The van der Waals surface area contributed by atoms with Crippen LogP contribution >= 0.6 is 0 Å². The van der Waals surface area contributed by atoms with Crippen molar-refractivity contribution < 1.29 is 9.90 Å². The molecule has 0 spiro atoms. The number of carbonyl (C=O) groups is 1. The zero-order valence-corrected chi connectivity index (χ0v) is 15.3. The van der Waals surface area contributed by atoms with Crippen LogP contribution in [0.2, 0.25) is 0 Å². The van der Waals surface area contributed by atoms with Crippen LogP contribution in [0.3, 0.4) is 0 Å². The molecule has 138 valence electrons. The predicted octanol–water partition coefficient (Wildman–Crippen LogP) is 2.41. The van der Waals surface area contributed by atoms with Crippen LogP contribution in [0.5, 0.6) is 0 Å². The highest BCUT2D eigenvalue weighted by Gasteiger charge is 2.35. The summed E-state index contributed by atoms with van der Waals surface area (Å²) in [6.07, 6.45) is 3.53. The van der Waals surface area contributed by atoms with Gasteiger partial charge in [-0.25, -0.2) is 4.79 Å². The maximum Gasteiger partial charge on any atom is 0.317 e. The molecule has 1 aromatic carbocycles. The number of piperidine rings is 2. The van der Waals surface area contributed by atoms with E-state index in [1.165, 1.54) is 12.8 Å². The molecular formula is C20H31N3O2. The van der Waals surface area contributed by atoms with Crippen LogP contribution in [0.1, 0.15) is 38.2 Å². The smallest absolute Gasteiger partial charge is 0.317 e. The Bertz CT molecular complexity index is 547. The minimum atomic E-state index is -0.801. The van der Waals surface area contributed by atoms with Gasteiger partial charge in [-0.05, 0) is 56.8 Å². The fraction of sp³-hybridized carbons (Fsp3) is 0.650. The minimum Gasteiger partial charge on any atom is -0.385 e. The number of nitrogens with zero attached hydrogens (tertiary/aromatic N) is 2. The highest BCUT2D eigenvalue weighted by atomic mass is 16.3. The zero-order chi connectivity index (χ0) is 17.7. The monoisotopic (exact) mass is 345 g/mol. The predicted molar refractivity (Wildman–Crippen MR) is 99.4 cm³/mol. The van der Waals surface area contributed by atoms with Crippen molar-refractivity contribution in [3.8, 4) is 0 Å². The first-order valence-electron chi connectivity index (χ1n) is 9.64. The number of hydrogen-bond acceptors (Lipinski definition) is 3. The third-order valence-corrected chi connectivity index (χ3v) is 5.89. The number of nitrogens with one attached hydrogen (secondary N) is 1. The lowest BCUT2D eigenvalue weighted by molar-refractivity contribution is -0.0169. The molecule has 2 heterocycles. The fourth-order valence-corrected chi connectivity index (χ4v) is 3.97. The molecule has 1 aromatic rings. The Morgan fingerprint density at radius 1 is 1.16 bits per heavy atom. The Balaban J connectivity index is 1.43. The first-order valence-corrected chi connectivity index (χ1v) is 9.64. The van der Waals surface area contributed by atoms with Gasteiger partial charge in [-0.3, -0.25) is 0 Å². The number of carbonyl (C=O) groups excluding carboxylic acids is 1. The largest absolute Gasteiger partial charge is 0.385 e. The molecule has 2 N–H and O–H groups in total. The summed E-state index contributed by atoms with van der Waals surface area (Å²) in [6.45, 7) is 7.59. The molecule has 0 aliphatic carbocycles. The molecule has 0 radical (unpaired) electrons. The van der Waals surface area contributed by atoms with Gasteiger partial charge in [0.25, 0.3) is 0 Å². The van der Waals surface area contributed by atoms with E-state index in [1.54, 1.807) is 0 Å². The van der Waals surface area contributed by atoms with E-state index in [-0.39, 0.29) is 6.03 Å². The third-order valence-electron chi connectivity index (χ3n) is 5.89. The molecule has 0 bridgehead atoms. The lowest BCUT2D eigenvalue weighted by Crippen LogP contribution is -2.50. The van der Waals surface area contributed by atoms with Crippen LogP contribution in [-0.2, 0) is 5.60 Å². The number of aliphatic hydroxyl groups is 1. The Morgan fingerprint density at radius 3 is 2.40 bits per heavy atom. The third kappa shape index (κ3) is 4.53. The number of hydrogen-bond donors (Lipinski definition) is 2. The molecule has 2 fully saturated rings. The van der Waals surface area contributed by atoms with Crippen molar-refractivity contribution in [2.45, 2.75) is 38.2 Å². The van der Waals surface area contributed by atoms with E-state index in [1.807, 2.05) is 35.2 Å². The quantitative estimate of drug-likeness (QED) is 0.881. The lowest BCUT2D eigenvalue weighted by atomic mass is 9.84. The maximum atomic E-state index is 12.4. The Morgan fingerprint density at radius 2 is 1.80 bits per heavy atom. The van der Waals surface area contributed by atoms with E-state index >= 15 is 0 Å². The van der Waals surface area contributed by atoms with Gasteiger partial charge in [0.1, 0.15) is 0 Å². The van der Waals surface area contributed by atoms with Crippen molar-refractivity contribution in [3.05, 3.63) is 35.9 Å². The second-order valence-electron chi connectivity index (χ2n) is 7.45. The van der Waals surface area contributed by atoms with E-state index in [0.29, 0.717) is 31.8 Å². The Labute approximate surface area is 151 Å². The van der Waals surface area contributed by atoms with Gasteiger partial charge >= 0.3 is 6.03 Å². The summed E-state index contributed by atoms with van der Waals surface area (Å²) >= 11 is 0. The first kappa shape index (κ1) is 18.2. The summed E-state index contributed by atoms with van der Waals surface area (Å²) in [4.78, 5) is 16.7. The summed E-state index contributed by atoms with van der Waals surface area (Å²) in [7, 11) is 0. The van der Waals surface area contributed by atoms with Gasteiger partial charge in [-0.15, -0.1) is 0 Å². The van der Waals surface area contributed by atoms with E-state index < -0.39 is 5.60 Å². The molecule has 0 aromatic heterocycles. The number of urea groups is 1. The van der Waals surface area contributed by atoms with Crippen molar-refractivity contribution >= 4 is 6.03 Å². The molecule has 25 heavy (non-hydrogen) atoms. The molecule has 3 rings (SSSR count). The molecule has 2 aliphatic heterocycles. The summed E-state index contributed by atoms with van der Waals surface area (Å²) in [5, 5.41) is 14.0. The van der Waals surface area contributed by atoms with Crippen LogP contribution in [0, 0.1) is 5.92 Å². The van der Waals surface area contributed by atoms with Gasteiger partial charge in [-0.1, -0.05) is 37.3 Å². The fourth-order valence-electron chi connectivity index (χ4n) is 3.97. The molecule has 0 saturated carbocycles. The average Bonchev–Trinajstić information content (AvgIpc) is 2.68. The molecule has 0 atom stereocenters. The normalized spacial score (nSPS) is 21.9. The van der Waals surface area contributed by atoms with Crippen molar-refractivity contribution in [1.29, 1.82) is 0 Å². The molecule has 2 amide bonds. The van der Waals surface area contributed by atoms with Crippen molar-refractivity contribution in [2.75, 3.05) is 39.3 Å². The second kappa shape index (κ2) is 8.19. The van der Waals surface area contributed by atoms with Crippen LogP contribution in [-0.4, -0.2) is 60.2 Å². The molecular weight excluding hydrogens is 314 g/mol. The van der Waals surface area contributed by atoms with Gasteiger partial charge in [0.15, 0.2) is 0 Å². The Hall–Kier alpha value is -1.59. The molecule has 5 heteroatoms. The molecule has 0 unspecified atom stereocenters. The topological polar surface area (TPSA) is 55.8 Å². The van der Waals surface area contributed by atoms with E-state index in [0.717, 1.165) is 31.7 Å². The van der Waals surface area contributed by atoms with E-state index in [4.69, 9.17) is 0 Å². The molecule has 2 saturated heterocycles. The van der Waals surface area contributed by atoms with Crippen molar-refractivity contribution in [2.24, 2.45) is 5.92 Å². The highest BCUT2D eigenvalue weighted by molar-refractivity contribution is 5.74. The van der Waals surface area contributed by atoms with E-state index in [9.17, 15) is 9.90 Å².